The molecule has 0 aromatic rings. The molecule has 2 heterocycles. The van der Waals surface area contributed by atoms with Crippen molar-refractivity contribution in [1.82, 2.24) is 14.9 Å². The van der Waals surface area contributed by atoms with Crippen molar-refractivity contribution in [2.24, 2.45) is 17.8 Å². The molecule has 0 bridgehead atoms. The van der Waals surface area contributed by atoms with Gasteiger partial charge < -0.3 is 15.5 Å². The summed E-state index contributed by atoms with van der Waals surface area (Å²) in [7, 11) is -3.45. The Hall–Kier alpha value is -1.23. The van der Waals surface area contributed by atoms with E-state index in [4.69, 9.17) is 0 Å². The minimum atomic E-state index is -3.45. The predicted octanol–water partition coefficient (Wildman–Crippen LogP) is 0.321. The molecule has 0 spiro atoms. The summed E-state index contributed by atoms with van der Waals surface area (Å²) >= 11 is 0. The van der Waals surface area contributed by atoms with Crippen molar-refractivity contribution >= 4 is 22.0 Å². The van der Waals surface area contributed by atoms with Crippen LogP contribution in [0, 0.1) is 17.8 Å². The minimum Gasteiger partial charge on any atom is -0.480 e. The largest absolute Gasteiger partial charge is 0.480 e. The van der Waals surface area contributed by atoms with Crippen LogP contribution in [0.3, 0.4) is 0 Å². The monoisotopic (exact) mass is 431 g/mol. The summed E-state index contributed by atoms with van der Waals surface area (Å²) in [4.78, 5) is 25.0. The summed E-state index contributed by atoms with van der Waals surface area (Å²) < 4.78 is 27.0. The average molecular weight is 432 g/mol. The number of nitrogens with zero attached hydrogens (tertiary/aromatic N) is 1. The number of piperidine rings is 1. The van der Waals surface area contributed by atoms with Crippen LogP contribution in [0.15, 0.2) is 0 Å². The van der Waals surface area contributed by atoms with Crippen LogP contribution in [0.1, 0.15) is 46.0 Å². The lowest BCUT2D eigenvalue weighted by Gasteiger charge is -2.42. The first-order valence-electron chi connectivity index (χ1n) is 10.5. The van der Waals surface area contributed by atoms with E-state index in [1.807, 2.05) is 4.90 Å². The Kier molecular flexibility index (Phi) is 6.87. The molecule has 1 aliphatic carbocycles. The van der Waals surface area contributed by atoms with Gasteiger partial charge in [0.1, 0.15) is 12.1 Å². The number of hydrogen-bond acceptors (Lipinski definition) is 6. The van der Waals surface area contributed by atoms with Gasteiger partial charge in [0.15, 0.2) is 0 Å². The first-order valence-corrected chi connectivity index (χ1v) is 12.1. The zero-order valence-electron chi connectivity index (χ0n) is 17.1. The Morgan fingerprint density at radius 2 is 1.83 bits per heavy atom. The van der Waals surface area contributed by atoms with E-state index in [1.54, 1.807) is 13.8 Å². The van der Waals surface area contributed by atoms with E-state index in [-0.39, 0.29) is 6.42 Å². The zero-order chi connectivity index (χ0) is 21.3. The molecule has 0 aromatic heterocycles. The van der Waals surface area contributed by atoms with Gasteiger partial charge in [-0.25, -0.2) is 13.1 Å². The summed E-state index contributed by atoms with van der Waals surface area (Å²) in [5.74, 6) is -0.585. The van der Waals surface area contributed by atoms with E-state index < -0.39 is 45.3 Å². The third kappa shape index (κ3) is 5.28. The zero-order valence-corrected chi connectivity index (χ0v) is 17.9. The van der Waals surface area contributed by atoms with E-state index >= 15 is 0 Å². The summed E-state index contributed by atoms with van der Waals surface area (Å²) in [5, 5.41) is 21.5. The van der Waals surface area contributed by atoms with Crippen LogP contribution in [0.25, 0.3) is 0 Å². The van der Waals surface area contributed by atoms with Crippen LogP contribution in [-0.2, 0) is 19.6 Å². The second-order valence-corrected chi connectivity index (χ2v) is 11.5. The Labute approximate surface area is 172 Å². The fraction of sp³-hybridized carbons (Fsp3) is 0.895. The van der Waals surface area contributed by atoms with E-state index in [0.717, 1.165) is 25.8 Å². The Morgan fingerprint density at radius 3 is 2.45 bits per heavy atom. The van der Waals surface area contributed by atoms with Gasteiger partial charge in [-0.3, -0.25) is 14.5 Å². The lowest BCUT2D eigenvalue weighted by Crippen LogP contribution is -2.50. The highest BCUT2D eigenvalue weighted by Crippen LogP contribution is 2.39. The van der Waals surface area contributed by atoms with Crippen LogP contribution >= 0.6 is 0 Å². The first-order chi connectivity index (χ1) is 13.6. The Balaban J connectivity index is 1.60. The Morgan fingerprint density at radius 1 is 1.10 bits per heavy atom. The summed E-state index contributed by atoms with van der Waals surface area (Å²) in [6.45, 7) is 4.95. The second kappa shape index (κ2) is 8.87. The molecule has 3 rings (SSSR count). The molecular formula is C19H33N3O6S. The van der Waals surface area contributed by atoms with Crippen molar-refractivity contribution in [3.05, 3.63) is 0 Å². The molecule has 0 radical (unpaired) electrons. The summed E-state index contributed by atoms with van der Waals surface area (Å²) in [6, 6.07) is -1.58. The summed E-state index contributed by atoms with van der Waals surface area (Å²) in [5.41, 5.74) is 0. The number of nitrogens with one attached hydrogen (secondary N) is 2. The standard InChI is InChI=1S/C19H33N3O6S/c1-11(2)29(27,28)21-15-7-17(19(25)26)22(10-15)9-12-3-4-13-8-20-16(18(23)24)6-14(13)5-12/h11-17,20-21H,3-10H2,1-2H3,(H,23,24)(H,25,26)/t12-,13-,14+,15-,16-,17-/m0/s1. The number of aliphatic carboxylic acids is 2. The normalized spacial score (nSPS) is 36.1. The van der Waals surface area contributed by atoms with Gasteiger partial charge in [0.2, 0.25) is 10.0 Å². The van der Waals surface area contributed by atoms with Crippen LogP contribution in [-0.4, -0.2) is 78.5 Å². The van der Waals surface area contributed by atoms with Gasteiger partial charge in [-0.05, 0) is 70.3 Å². The highest BCUT2D eigenvalue weighted by molar-refractivity contribution is 7.90. The van der Waals surface area contributed by atoms with E-state index in [0.29, 0.717) is 37.3 Å². The molecular weight excluding hydrogens is 398 g/mol. The van der Waals surface area contributed by atoms with Crippen molar-refractivity contribution in [2.45, 2.75) is 69.3 Å². The second-order valence-electron chi connectivity index (χ2n) is 9.19. The fourth-order valence-electron chi connectivity index (χ4n) is 5.16. The van der Waals surface area contributed by atoms with E-state index in [1.165, 1.54) is 0 Å². The van der Waals surface area contributed by atoms with Crippen molar-refractivity contribution in [2.75, 3.05) is 19.6 Å². The lowest BCUT2D eigenvalue weighted by atomic mass is 9.69. The van der Waals surface area contributed by atoms with Gasteiger partial charge in [0.25, 0.3) is 0 Å². The SMILES string of the molecule is CC(C)S(=O)(=O)N[C@H]1C[C@@H](C(=O)O)N(C[C@H]2CC[C@H]3CN[C@H](C(=O)O)C[C@H]3C2)C1. The molecule has 166 valence electrons. The Bertz CT molecular complexity index is 727. The molecule has 10 heteroatoms. The van der Waals surface area contributed by atoms with Crippen LogP contribution in [0.2, 0.25) is 0 Å². The molecule has 6 atom stereocenters. The molecule has 29 heavy (non-hydrogen) atoms. The minimum absolute atomic E-state index is 0.269. The molecule has 2 saturated heterocycles. The predicted molar refractivity (Wildman–Crippen MR) is 107 cm³/mol. The first kappa shape index (κ1) is 22.5. The molecule has 4 N–H and O–H groups in total. The van der Waals surface area contributed by atoms with Gasteiger partial charge in [-0.1, -0.05) is 0 Å². The fourth-order valence-corrected chi connectivity index (χ4v) is 6.07. The topological polar surface area (TPSA) is 136 Å². The highest BCUT2D eigenvalue weighted by Gasteiger charge is 2.42. The third-order valence-electron chi connectivity index (χ3n) is 6.84. The van der Waals surface area contributed by atoms with E-state index in [9.17, 15) is 28.2 Å². The van der Waals surface area contributed by atoms with Crippen molar-refractivity contribution in [3.8, 4) is 0 Å². The molecule has 3 fully saturated rings. The molecule has 2 aliphatic heterocycles. The van der Waals surface area contributed by atoms with Crippen molar-refractivity contribution in [1.29, 1.82) is 0 Å². The van der Waals surface area contributed by atoms with Gasteiger partial charge >= 0.3 is 11.9 Å². The lowest BCUT2D eigenvalue weighted by molar-refractivity contribution is -0.143. The van der Waals surface area contributed by atoms with Crippen LogP contribution < -0.4 is 10.0 Å². The number of carboxylic acids is 2. The third-order valence-corrected chi connectivity index (χ3v) is 8.75. The highest BCUT2D eigenvalue weighted by atomic mass is 32.2. The van der Waals surface area contributed by atoms with Crippen molar-refractivity contribution < 1.29 is 28.2 Å². The molecule has 9 nitrogen and oxygen atoms in total. The number of rotatable bonds is 7. The number of sulfonamides is 1. The summed E-state index contributed by atoms with van der Waals surface area (Å²) in [6.07, 6.45) is 3.80. The van der Waals surface area contributed by atoms with Crippen LogP contribution in [0.5, 0.6) is 0 Å². The molecule has 1 saturated carbocycles. The van der Waals surface area contributed by atoms with Crippen molar-refractivity contribution in [3.63, 3.8) is 0 Å². The molecule has 3 aliphatic rings. The number of fused-ring (bicyclic) bond motifs is 1. The average Bonchev–Trinajstić information content (AvgIpc) is 3.02. The maximum Gasteiger partial charge on any atom is 0.320 e. The molecule has 0 amide bonds. The smallest absolute Gasteiger partial charge is 0.320 e. The quantitative estimate of drug-likeness (QED) is 0.452. The maximum atomic E-state index is 12.2. The van der Waals surface area contributed by atoms with Gasteiger partial charge in [0, 0.05) is 19.1 Å². The number of carboxylic acid groups (broad SMARTS) is 2. The molecule has 0 unspecified atom stereocenters. The molecule has 0 aromatic carbocycles. The van der Waals surface area contributed by atoms with Gasteiger partial charge in [-0.2, -0.15) is 0 Å². The van der Waals surface area contributed by atoms with Gasteiger partial charge in [-0.15, -0.1) is 0 Å². The maximum absolute atomic E-state index is 12.2. The van der Waals surface area contributed by atoms with Crippen LogP contribution in [0.4, 0.5) is 0 Å². The number of hydrogen-bond donors (Lipinski definition) is 4. The number of likely N-dealkylation sites (tertiary alicyclic amines) is 1. The van der Waals surface area contributed by atoms with Gasteiger partial charge in [0.05, 0.1) is 5.25 Å². The number of carbonyl (C=O) groups is 2. The van der Waals surface area contributed by atoms with E-state index in [2.05, 4.69) is 10.0 Å².